The summed E-state index contributed by atoms with van der Waals surface area (Å²) in [6, 6.07) is 17.3. The molecule has 0 aliphatic carbocycles. The van der Waals surface area contributed by atoms with Crippen molar-refractivity contribution in [3.8, 4) is 0 Å². The Morgan fingerprint density at radius 2 is 1.57 bits per heavy atom. The quantitative estimate of drug-likeness (QED) is 0.703. The second-order valence-corrected chi connectivity index (χ2v) is 8.86. The Labute approximate surface area is 167 Å². The monoisotopic (exact) mass is 398 g/mol. The first-order valence-corrected chi connectivity index (χ1v) is 11.2. The molecule has 6 heteroatoms. The molecular weight excluding hydrogens is 372 g/mol. The maximum atomic E-state index is 12.6. The van der Waals surface area contributed by atoms with Crippen molar-refractivity contribution in [2.75, 3.05) is 26.2 Å². The lowest BCUT2D eigenvalue weighted by Crippen LogP contribution is -2.50. The van der Waals surface area contributed by atoms with Gasteiger partial charge < -0.3 is 4.90 Å². The Morgan fingerprint density at radius 3 is 2.18 bits per heavy atom. The number of aryl methyl sites for hydroxylation is 1. The summed E-state index contributed by atoms with van der Waals surface area (Å²) >= 11 is 0. The van der Waals surface area contributed by atoms with Gasteiger partial charge in [0.05, 0.1) is 5.75 Å². The third-order valence-corrected chi connectivity index (χ3v) is 6.79. The molecular formula is C22H26N2O3S. The molecule has 0 aromatic heterocycles. The molecule has 0 bridgehead atoms. The summed E-state index contributed by atoms with van der Waals surface area (Å²) in [6.45, 7) is 3.59. The Hall–Kier alpha value is -2.44. The van der Waals surface area contributed by atoms with Crippen LogP contribution in [0.4, 0.5) is 0 Å². The van der Waals surface area contributed by atoms with Gasteiger partial charge in [0.2, 0.25) is 15.9 Å². The van der Waals surface area contributed by atoms with Crippen molar-refractivity contribution in [1.82, 2.24) is 9.21 Å². The van der Waals surface area contributed by atoms with E-state index in [-0.39, 0.29) is 11.7 Å². The highest BCUT2D eigenvalue weighted by Gasteiger charge is 2.28. The lowest BCUT2D eigenvalue weighted by Gasteiger charge is -2.33. The second-order valence-electron chi connectivity index (χ2n) is 6.89. The third-order valence-electron chi connectivity index (χ3n) is 4.94. The molecule has 1 fully saturated rings. The Balaban J connectivity index is 1.54. The third kappa shape index (κ3) is 5.30. The van der Waals surface area contributed by atoms with Crippen LogP contribution in [0.2, 0.25) is 0 Å². The zero-order valence-corrected chi connectivity index (χ0v) is 16.9. The number of carbonyl (C=O) groups excluding carboxylic acids is 1. The van der Waals surface area contributed by atoms with E-state index in [9.17, 15) is 13.2 Å². The van der Waals surface area contributed by atoms with E-state index in [4.69, 9.17) is 0 Å². The summed E-state index contributed by atoms with van der Waals surface area (Å²) in [6.07, 6.45) is 4.36. The number of carbonyl (C=O) groups is 1. The van der Waals surface area contributed by atoms with Gasteiger partial charge in [-0.25, -0.2) is 8.42 Å². The summed E-state index contributed by atoms with van der Waals surface area (Å²) in [5.74, 6) is -0.0882. The van der Waals surface area contributed by atoms with Crippen LogP contribution in [0.1, 0.15) is 23.6 Å². The largest absolute Gasteiger partial charge is 0.337 e. The van der Waals surface area contributed by atoms with E-state index in [2.05, 4.69) is 19.1 Å². The first-order chi connectivity index (χ1) is 13.5. The number of piperazine rings is 1. The number of hydrogen-bond acceptors (Lipinski definition) is 3. The Kier molecular flexibility index (Phi) is 6.65. The fourth-order valence-corrected chi connectivity index (χ4v) is 4.72. The van der Waals surface area contributed by atoms with Crippen LogP contribution in [0.5, 0.6) is 0 Å². The summed E-state index contributed by atoms with van der Waals surface area (Å²) in [5.41, 5.74) is 3.02. The van der Waals surface area contributed by atoms with E-state index in [1.165, 1.54) is 9.87 Å². The van der Waals surface area contributed by atoms with Crippen LogP contribution in [0.25, 0.3) is 6.08 Å². The van der Waals surface area contributed by atoms with Gasteiger partial charge in [-0.3, -0.25) is 4.79 Å². The molecule has 3 rings (SSSR count). The molecule has 1 heterocycles. The van der Waals surface area contributed by atoms with Crippen molar-refractivity contribution in [2.45, 2.75) is 19.1 Å². The molecule has 1 aliphatic heterocycles. The van der Waals surface area contributed by atoms with E-state index in [1.807, 2.05) is 42.5 Å². The molecule has 2 aromatic carbocycles. The normalized spacial score (nSPS) is 15.8. The van der Waals surface area contributed by atoms with E-state index in [1.54, 1.807) is 17.1 Å². The number of rotatable bonds is 6. The van der Waals surface area contributed by atoms with Gasteiger partial charge in [0.1, 0.15) is 0 Å². The second kappa shape index (κ2) is 9.17. The molecule has 1 amide bonds. The standard InChI is InChI=1S/C22H26N2O3S/c1-2-19-8-10-20(11-9-19)12-13-22(25)23-14-16-24(17-15-23)28(26,27)18-21-6-4-3-5-7-21/h3-13H,2,14-18H2,1H3/b13-12+. The van der Waals surface area contributed by atoms with E-state index in [0.29, 0.717) is 26.2 Å². The van der Waals surface area contributed by atoms with Crippen molar-refractivity contribution in [3.63, 3.8) is 0 Å². The van der Waals surface area contributed by atoms with Gasteiger partial charge in [0, 0.05) is 32.3 Å². The highest BCUT2D eigenvalue weighted by atomic mass is 32.2. The predicted molar refractivity (Wildman–Crippen MR) is 112 cm³/mol. The number of benzene rings is 2. The predicted octanol–water partition coefficient (Wildman–Crippen LogP) is 2.94. The maximum Gasteiger partial charge on any atom is 0.246 e. The topological polar surface area (TPSA) is 57.7 Å². The molecule has 0 N–H and O–H groups in total. The first kappa shape index (κ1) is 20.3. The first-order valence-electron chi connectivity index (χ1n) is 9.55. The summed E-state index contributed by atoms with van der Waals surface area (Å²) < 4.78 is 26.7. The molecule has 0 atom stereocenters. The fraction of sp³-hybridized carbons (Fsp3) is 0.318. The van der Waals surface area contributed by atoms with Crippen LogP contribution in [-0.4, -0.2) is 49.7 Å². The minimum Gasteiger partial charge on any atom is -0.337 e. The molecule has 0 saturated carbocycles. The van der Waals surface area contributed by atoms with Crippen LogP contribution in [-0.2, 0) is 27.0 Å². The Bertz CT molecular complexity index is 914. The fourth-order valence-electron chi connectivity index (χ4n) is 3.20. The van der Waals surface area contributed by atoms with Crippen molar-refractivity contribution in [2.24, 2.45) is 0 Å². The molecule has 28 heavy (non-hydrogen) atoms. The smallest absolute Gasteiger partial charge is 0.246 e. The van der Waals surface area contributed by atoms with Gasteiger partial charge in [0.15, 0.2) is 0 Å². The average Bonchev–Trinajstić information content (AvgIpc) is 2.73. The van der Waals surface area contributed by atoms with Crippen LogP contribution >= 0.6 is 0 Å². The highest BCUT2D eigenvalue weighted by Crippen LogP contribution is 2.14. The lowest BCUT2D eigenvalue weighted by molar-refractivity contribution is -0.127. The van der Waals surface area contributed by atoms with E-state index < -0.39 is 10.0 Å². The summed E-state index contributed by atoms with van der Waals surface area (Å²) in [5, 5.41) is 0. The van der Waals surface area contributed by atoms with Crippen LogP contribution in [0, 0.1) is 0 Å². The van der Waals surface area contributed by atoms with Crippen molar-refractivity contribution in [3.05, 3.63) is 77.4 Å². The maximum absolute atomic E-state index is 12.6. The van der Waals surface area contributed by atoms with Crippen LogP contribution < -0.4 is 0 Å². The van der Waals surface area contributed by atoms with Crippen molar-refractivity contribution >= 4 is 22.0 Å². The van der Waals surface area contributed by atoms with Crippen LogP contribution in [0.3, 0.4) is 0 Å². The minimum absolute atomic E-state index is 0.00452. The van der Waals surface area contributed by atoms with Gasteiger partial charge >= 0.3 is 0 Å². The molecule has 148 valence electrons. The lowest BCUT2D eigenvalue weighted by atomic mass is 10.1. The van der Waals surface area contributed by atoms with E-state index >= 15 is 0 Å². The van der Waals surface area contributed by atoms with Crippen molar-refractivity contribution in [1.29, 1.82) is 0 Å². The van der Waals surface area contributed by atoms with Gasteiger partial charge in [-0.05, 0) is 29.2 Å². The van der Waals surface area contributed by atoms with Gasteiger partial charge in [0.25, 0.3) is 0 Å². The van der Waals surface area contributed by atoms with Gasteiger partial charge in [-0.15, -0.1) is 0 Å². The van der Waals surface area contributed by atoms with Crippen molar-refractivity contribution < 1.29 is 13.2 Å². The number of hydrogen-bond donors (Lipinski definition) is 0. The molecule has 5 nitrogen and oxygen atoms in total. The zero-order valence-electron chi connectivity index (χ0n) is 16.1. The molecule has 1 aliphatic rings. The van der Waals surface area contributed by atoms with Gasteiger partial charge in [-0.2, -0.15) is 4.31 Å². The number of nitrogens with zero attached hydrogens (tertiary/aromatic N) is 2. The summed E-state index contributed by atoms with van der Waals surface area (Å²) in [4.78, 5) is 14.1. The number of amides is 1. The van der Waals surface area contributed by atoms with Gasteiger partial charge in [-0.1, -0.05) is 61.5 Å². The number of sulfonamides is 1. The molecule has 0 unspecified atom stereocenters. The van der Waals surface area contributed by atoms with E-state index in [0.717, 1.165) is 17.5 Å². The summed E-state index contributed by atoms with van der Waals surface area (Å²) in [7, 11) is -3.37. The molecule has 0 spiro atoms. The average molecular weight is 399 g/mol. The molecule has 1 saturated heterocycles. The zero-order chi connectivity index (χ0) is 20.0. The van der Waals surface area contributed by atoms with Crippen LogP contribution in [0.15, 0.2) is 60.7 Å². The molecule has 0 radical (unpaired) electrons. The molecule has 2 aromatic rings. The Morgan fingerprint density at radius 1 is 0.929 bits per heavy atom. The minimum atomic E-state index is -3.37. The highest BCUT2D eigenvalue weighted by molar-refractivity contribution is 7.88. The SMILES string of the molecule is CCc1ccc(/C=C/C(=O)N2CCN(S(=O)(=O)Cc3ccccc3)CC2)cc1.